The quantitative estimate of drug-likeness (QED) is 0.454. The molecule has 3 aromatic rings. The third kappa shape index (κ3) is 5.02. The summed E-state index contributed by atoms with van der Waals surface area (Å²) in [6.45, 7) is 1.71. The number of rotatable bonds is 9. The zero-order valence-corrected chi connectivity index (χ0v) is 18.8. The van der Waals surface area contributed by atoms with Crippen LogP contribution in [-0.4, -0.2) is 39.4 Å². The summed E-state index contributed by atoms with van der Waals surface area (Å²) >= 11 is 0. The fourth-order valence-corrected chi connectivity index (χ4v) is 4.83. The van der Waals surface area contributed by atoms with Gasteiger partial charge in [0.1, 0.15) is 11.6 Å². The van der Waals surface area contributed by atoms with Gasteiger partial charge in [0.25, 0.3) is 0 Å². The molecule has 1 aromatic carbocycles. The highest BCUT2D eigenvalue weighted by Gasteiger charge is 2.22. The minimum Gasteiger partial charge on any atom is -0.493 e. The molecule has 0 spiro atoms. The highest BCUT2D eigenvalue weighted by atomic mass is 16.5. The van der Waals surface area contributed by atoms with Crippen LogP contribution in [0.25, 0.3) is 0 Å². The summed E-state index contributed by atoms with van der Waals surface area (Å²) in [6, 6.07) is 12.6. The zero-order valence-electron chi connectivity index (χ0n) is 18.8. The van der Waals surface area contributed by atoms with Crippen LogP contribution in [0.2, 0.25) is 0 Å². The number of aromatic nitrogens is 3. The predicted molar refractivity (Wildman–Crippen MR) is 126 cm³/mol. The van der Waals surface area contributed by atoms with E-state index in [1.807, 2.05) is 12.1 Å². The maximum atomic E-state index is 11.3. The van der Waals surface area contributed by atoms with Crippen molar-refractivity contribution in [2.45, 2.75) is 57.3 Å². The van der Waals surface area contributed by atoms with Gasteiger partial charge in [0.05, 0.1) is 12.3 Å². The molecule has 33 heavy (non-hydrogen) atoms. The number of hydrogen-bond acceptors (Lipinski definition) is 5. The molecule has 0 amide bonds. The Hall–Kier alpha value is -3.35. The van der Waals surface area contributed by atoms with Gasteiger partial charge in [0.15, 0.2) is 0 Å². The maximum absolute atomic E-state index is 11.3. The summed E-state index contributed by atoms with van der Waals surface area (Å²) in [4.78, 5) is 16.1. The molecule has 2 aliphatic rings. The van der Waals surface area contributed by atoms with E-state index in [0.29, 0.717) is 13.0 Å². The number of aryl methyl sites for hydroxylation is 3. The second kappa shape index (κ2) is 9.65. The van der Waals surface area contributed by atoms with Crippen molar-refractivity contribution in [3.05, 3.63) is 70.2 Å². The monoisotopic (exact) mass is 446 g/mol. The van der Waals surface area contributed by atoms with E-state index in [9.17, 15) is 9.90 Å². The van der Waals surface area contributed by atoms with E-state index in [4.69, 9.17) is 9.72 Å². The van der Waals surface area contributed by atoms with Crippen molar-refractivity contribution in [1.82, 2.24) is 15.2 Å². The second-order valence-corrected chi connectivity index (χ2v) is 8.96. The molecule has 3 N–H and O–H groups in total. The summed E-state index contributed by atoms with van der Waals surface area (Å²) in [5.74, 6) is 1.14. The smallest absolute Gasteiger partial charge is 0.303 e. The van der Waals surface area contributed by atoms with Crippen LogP contribution >= 0.6 is 0 Å². The van der Waals surface area contributed by atoms with Crippen molar-refractivity contribution in [1.29, 1.82) is 0 Å². The van der Waals surface area contributed by atoms with Crippen LogP contribution in [0.3, 0.4) is 0 Å². The second-order valence-electron chi connectivity index (χ2n) is 8.96. The number of ether oxygens (including phenoxy) is 1. The lowest BCUT2D eigenvalue weighted by molar-refractivity contribution is -0.137. The van der Waals surface area contributed by atoms with Crippen molar-refractivity contribution >= 4 is 11.8 Å². The molecule has 2 aliphatic heterocycles. The fraction of sp³-hybridized carbons (Fsp3) is 0.423. The maximum Gasteiger partial charge on any atom is 0.303 e. The van der Waals surface area contributed by atoms with E-state index in [0.717, 1.165) is 72.9 Å². The van der Waals surface area contributed by atoms with Gasteiger partial charge in [-0.05, 0) is 73.4 Å². The van der Waals surface area contributed by atoms with Gasteiger partial charge in [0, 0.05) is 36.7 Å². The van der Waals surface area contributed by atoms with Gasteiger partial charge in [-0.1, -0.05) is 18.2 Å². The Labute approximate surface area is 193 Å². The summed E-state index contributed by atoms with van der Waals surface area (Å²) < 4.78 is 5.63. The van der Waals surface area contributed by atoms with Gasteiger partial charge in [-0.25, -0.2) is 4.98 Å². The van der Waals surface area contributed by atoms with Gasteiger partial charge >= 0.3 is 5.97 Å². The molecule has 0 radical (unpaired) electrons. The van der Waals surface area contributed by atoms with Gasteiger partial charge in [0.2, 0.25) is 0 Å². The molecular formula is C26H30N4O3. The van der Waals surface area contributed by atoms with E-state index in [1.54, 1.807) is 0 Å². The topological polar surface area (TPSA) is 100 Å². The van der Waals surface area contributed by atoms with Crippen LogP contribution in [0.1, 0.15) is 65.4 Å². The van der Waals surface area contributed by atoms with E-state index in [-0.39, 0.29) is 12.3 Å². The molecule has 0 aliphatic carbocycles. The molecule has 0 fully saturated rings. The first-order valence-corrected chi connectivity index (χ1v) is 11.9. The number of pyridine rings is 1. The van der Waals surface area contributed by atoms with Gasteiger partial charge < -0.3 is 15.2 Å². The number of carboxylic acids is 1. The number of H-pyrrole nitrogens is 1. The van der Waals surface area contributed by atoms with Gasteiger partial charge in [-0.3, -0.25) is 9.89 Å². The van der Waals surface area contributed by atoms with Crippen LogP contribution < -0.4 is 10.1 Å². The van der Waals surface area contributed by atoms with Crippen LogP contribution in [-0.2, 0) is 30.5 Å². The molecule has 4 heterocycles. The minimum atomic E-state index is -0.785. The Morgan fingerprint density at radius 3 is 2.97 bits per heavy atom. The average molecular weight is 447 g/mol. The highest BCUT2D eigenvalue weighted by Crippen LogP contribution is 2.34. The van der Waals surface area contributed by atoms with Crippen LogP contribution in [0, 0.1) is 0 Å². The molecule has 0 bridgehead atoms. The number of fused-ring (bicyclic) bond motifs is 2. The predicted octanol–water partition coefficient (Wildman–Crippen LogP) is 4.27. The van der Waals surface area contributed by atoms with Gasteiger partial charge in [-0.15, -0.1) is 0 Å². The van der Waals surface area contributed by atoms with E-state index in [2.05, 4.69) is 39.8 Å². The molecule has 1 unspecified atom stereocenters. The average Bonchev–Trinajstić information content (AvgIpc) is 3.48. The molecule has 1 atom stereocenters. The van der Waals surface area contributed by atoms with Crippen molar-refractivity contribution in [3.8, 4) is 5.75 Å². The lowest BCUT2D eigenvalue weighted by Gasteiger charge is -2.17. The number of aliphatic carboxylic acids is 1. The van der Waals surface area contributed by atoms with Crippen molar-refractivity contribution in [2.75, 3.05) is 18.5 Å². The third-order valence-corrected chi connectivity index (χ3v) is 6.60. The lowest BCUT2D eigenvalue weighted by Crippen LogP contribution is -2.14. The Balaban J connectivity index is 1.25. The van der Waals surface area contributed by atoms with E-state index < -0.39 is 5.97 Å². The SMILES string of the molecule is O=C(O)CCC(c1ccc2c(c1)CCO2)c1cc(CCCc2ccc3c(n2)NCCC3)[nH]n1. The van der Waals surface area contributed by atoms with E-state index >= 15 is 0 Å². The molecule has 0 saturated heterocycles. The standard InChI is InChI=1S/C26H30N4O3/c31-25(32)11-9-22(18-7-10-24-19(15-18)12-14-33-24)23-16-21(29-30-23)5-1-4-20-8-6-17-3-2-13-27-26(17)28-20/h6-8,10,15-16,22H,1-5,9,11-14H2,(H,27,28)(H,29,30)(H,31,32). The van der Waals surface area contributed by atoms with Crippen molar-refractivity contribution in [2.24, 2.45) is 0 Å². The first kappa shape index (κ1) is 21.5. The number of nitrogens with one attached hydrogen (secondary N) is 2. The zero-order chi connectivity index (χ0) is 22.6. The number of nitrogens with zero attached hydrogens (tertiary/aromatic N) is 2. The van der Waals surface area contributed by atoms with Crippen LogP contribution in [0.5, 0.6) is 5.75 Å². The summed E-state index contributed by atoms with van der Waals surface area (Å²) in [5, 5.41) is 20.4. The number of carboxylic acid groups (broad SMARTS) is 1. The third-order valence-electron chi connectivity index (χ3n) is 6.60. The number of aromatic amines is 1. The first-order valence-electron chi connectivity index (χ1n) is 11.9. The Bertz CT molecular complexity index is 1140. The summed E-state index contributed by atoms with van der Waals surface area (Å²) in [5.41, 5.74) is 6.70. The molecule has 172 valence electrons. The van der Waals surface area contributed by atoms with E-state index in [1.165, 1.54) is 17.5 Å². The Morgan fingerprint density at radius 2 is 2.06 bits per heavy atom. The molecular weight excluding hydrogens is 416 g/mol. The largest absolute Gasteiger partial charge is 0.493 e. The lowest BCUT2D eigenvalue weighted by atomic mass is 9.89. The normalized spacial score (nSPS) is 15.3. The molecule has 7 nitrogen and oxygen atoms in total. The summed E-state index contributed by atoms with van der Waals surface area (Å²) in [6.07, 6.45) is 6.56. The van der Waals surface area contributed by atoms with Crippen molar-refractivity contribution in [3.63, 3.8) is 0 Å². The first-order chi connectivity index (χ1) is 16.2. The number of carbonyl (C=O) groups is 1. The molecule has 7 heteroatoms. The van der Waals surface area contributed by atoms with Gasteiger partial charge in [-0.2, -0.15) is 5.10 Å². The minimum absolute atomic E-state index is 0.0506. The number of benzene rings is 1. The van der Waals surface area contributed by atoms with Crippen molar-refractivity contribution < 1.29 is 14.6 Å². The summed E-state index contributed by atoms with van der Waals surface area (Å²) in [7, 11) is 0. The molecule has 2 aromatic heterocycles. The Kier molecular flexibility index (Phi) is 6.28. The number of anilines is 1. The molecule has 5 rings (SSSR count). The Morgan fingerprint density at radius 1 is 1.12 bits per heavy atom. The number of hydrogen-bond donors (Lipinski definition) is 3. The van der Waals surface area contributed by atoms with Crippen LogP contribution in [0.4, 0.5) is 5.82 Å². The van der Waals surface area contributed by atoms with Crippen LogP contribution in [0.15, 0.2) is 36.4 Å². The molecule has 0 saturated carbocycles. The fourth-order valence-electron chi connectivity index (χ4n) is 4.83. The highest BCUT2D eigenvalue weighted by molar-refractivity contribution is 5.66.